The van der Waals surface area contributed by atoms with Gasteiger partial charge in [0.05, 0.1) is 77.2 Å². The Morgan fingerprint density at radius 2 is 0.484 bits per heavy atom. The largest absolute Gasteiger partial charge is 0.309 e. The van der Waals surface area contributed by atoms with Crippen LogP contribution in [0.5, 0.6) is 0 Å². The van der Waals surface area contributed by atoms with E-state index in [0.29, 0.717) is 0 Å². The summed E-state index contributed by atoms with van der Waals surface area (Å²) in [5, 5.41) is 7.05. The summed E-state index contributed by atoms with van der Waals surface area (Å²) in [6.45, 7) is 8.25. The molecule has 0 aliphatic heterocycles. The summed E-state index contributed by atoms with van der Waals surface area (Å²) in [6.07, 6.45) is 9.62. The van der Waals surface area contributed by atoms with E-state index in [4.69, 9.17) is 9.97 Å². The Bertz CT molecular complexity index is 5620. The highest BCUT2D eigenvalue weighted by Crippen LogP contribution is 2.40. The molecule has 19 rings (SSSR count). The predicted molar refractivity (Wildman–Crippen MR) is 398 cm³/mol. The first-order chi connectivity index (χ1) is 47.1. The lowest BCUT2D eigenvalue weighted by atomic mass is 10.00. The van der Waals surface area contributed by atoms with Crippen LogP contribution in [0, 0.1) is 0 Å². The molecule has 0 fully saturated rings. The minimum atomic E-state index is 0.885. The minimum Gasteiger partial charge on any atom is -0.309 e. The maximum Gasteiger partial charge on any atom is 0.0963 e. The quantitative estimate of drug-likeness (QED) is 0.152. The van der Waals surface area contributed by atoms with Crippen molar-refractivity contribution in [2.75, 3.05) is 0 Å². The topological polar surface area (TPSA) is 76.2 Å². The van der Waals surface area contributed by atoms with Crippen molar-refractivity contribution >= 4 is 110 Å². The van der Waals surface area contributed by atoms with Crippen LogP contribution in [0.15, 0.2) is 310 Å². The van der Waals surface area contributed by atoms with Crippen molar-refractivity contribution in [1.29, 1.82) is 0 Å². The molecule has 0 spiro atoms. The monoisotopic (exact) mass is 1230 g/mol. The molecule has 0 N–H and O–H groups in total. The highest BCUT2D eigenvalue weighted by molar-refractivity contribution is 6.14. The Balaban J connectivity index is 0.000000141. The first kappa shape index (κ1) is 57.9. The zero-order chi connectivity index (χ0) is 63.9. The first-order valence-corrected chi connectivity index (χ1v) is 32.9. The Labute approximate surface area is 550 Å². The van der Waals surface area contributed by atoms with Crippen LogP contribution in [0.2, 0.25) is 0 Å². The molecule has 0 aliphatic carbocycles. The average molecular weight is 1230 g/mol. The fraction of sp³-hybridized carbons (Fsp3) is 0.0698. The van der Waals surface area contributed by atoms with Crippen molar-refractivity contribution in [2.24, 2.45) is 0 Å². The molecule has 9 heterocycles. The normalized spacial score (nSPS) is 11.5. The molecular weight excluding hydrogens is 1160 g/mol. The average Bonchev–Trinajstić information content (AvgIpc) is 1.58. The van der Waals surface area contributed by atoms with Gasteiger partial charge in [-0.2, -0.15) is 0 Å². The number of hydrogen-bond donors (Lipinski definition) is 0. The van der Waals surface area contributed by atoms with E-state index in [1.54, 1.807) is 0 Å². The van der Waals surface area contributed by atoms with E-state index < -0.39 is 0 Å². The summed E-state index contributed by atoms with van der Waals surface area (Å²) in [6, 6.07) is 102. The van der Waals surface area contributed by atoms with E-state index in [2.05, 4.69) is 308 Å². The maximum atomic E-state index is 4.77. The van der Waals surface area contributed by atoms with Crippen molar-refractivity contribution in [3.63, 3.8) is 0 Å². The molecule has 0 saturated carbocycles. The van der Waals surface area contributed by atoms with Crippen LogP contribution in [-0.2, 0) is 6.42 Å². The van der Waals surface area contributed by atoms with E-state index in [1.165, 1.54) is 72.3 Å². The van der Waals surface area contributed by atoms with Crippen LogP contribution < -0.4 is 0 Å². The Morgan fingerprint density at radius 1 is 0.232 bits per heavy atom. The lowest BCUT2D eigenvalue weighted by Crippen LogP contribution is -1.96. The molecule has 0 radical (unpaired) electrons. The van der Waals surface area contributed by atoms with Crippen molar-refractivity contribution in [3.8, 4) is 39.6 Å². The van der Waals surface area contributed by atoms with E-state index in [-0.39, 0.29) is 0 Å². The summed E-state index contributed by atoms with van der Waals surface area (Å²) in [4.78, 5) is 18.9. The van der Waals surface area contributed by atoms with Gasteiger partial charge in [-0.1, -0.05) is 174 Å². The SMILES string of the molecule is CC.CCC.c1ccc(-n2c3ccc(-n4c5ccccc5c5ncccc54)cc3c3cc(-n4c5ccccc5c5ncccc54)ccc32)cc1.c1ccc2c(c1)c1ncccc1n2-c1ccc(Cc2ccc(-c3ccc(-n4c5ccccc5c5ncccc54)cc3)cc2)cc1. The molecule has 0 saturated heterocycles. The summed E-state index contributed by atoms with van der Waals surface area (Å²) >= 11 is 0. The lowest BCUT2D eigenvalue weighted by Gasteiger charge is -2.10. The van der Waals surface area contributed by atoms with Crippen molar-refractivity contribution in [2.45, 2.75) is 40.5 Å². The highest BCUT2D eigenvalue weighted by atomic mass is 15.0. The Hall–Kier alpha value is -12.2. The summed E-state index contributed by atoms with van der Waals surface area (Å²) < 4.78 is 11.7. The molecular formula is C86H67N9. The van der Waals surface area contributed by atoms with E-state index >= 15 is 0 Å². The van der Waals surface area contributed by atoms with Crippen LogP contribution >= 0.6 is 0 Å². The fourth-order valence-corrected chi connectivity index (χ4v) is 14.0. The molecule has 9 nitrogen and oxygen atoms in total. The van der Waals surface area contributed by atoms with E-state index in [1.807, 2.05) is 62.9 Å². The number of para-hydroxylation sites is 5. The molecule has 0 aliphatic rings. The second-order valence-corrected chi connectivity index (χ2v) is 23.8. The minimum absolute atomic E-state index is 0.885. The second-order valence-electron chi connectivity index (χ2n) is 23.8. The predicted octanol–water partition coefficient (Wildman–Crippen LogP) is 22.1. The van der Waals surface area contributed by atoms with Crippen molar-refractivity contribution in [3.05, 3.63) is 321 Å². The number of fused-ring (bicyclic) bond motifs is 15. The van der Waals surface area contributed by atoms with Gasteiger partial charge < -0.3 is 22.8 Å². The van der Waals surface area contributed by atoms with Gasteiger partial charge in [0.25, 0.3) is 0 Å². The van der Waals surface area contributed by atoms with Gasteiger partial charge in [-0.3, -0.25) is 19.9 Å². The van der Waals surface area contributed by atoms with Gasteiger partial charge in [-0.25, -0.2) is 0 Å². The fourth-order valence-electron chi connectivity index (χ4n) is 14.0. The molecule has 19 aromatic rings. The maximum absolute atomic E-state index is 4.77. The number of rotatable bonds is 8. The van der Waals surface area contributed by atoms with Gasteiger partial charge in [-0.05, 0) is 174 Å². The van der Waals surface area contributed by atoms with Gasteiger partial charge in [0, 0.05) is 85.5 Å². The molecule has 0 bridgehead atoms. The van der Waals surface area contributed by atoms with Crippen molar-refractivity contribution < 1.29 is 0 Å². The summed E-state index contributed by atoms with van der Waals surface area (Å²) in [7, 11) is 0. The second kappa shape index (κ2) is 24.8. The van der Waals surface area contributed by atoms with Crippen LogP contribution in [-0.4, -0.2) is 42.8 Å². The lowest BCUT2D eigenvalue weighted by molar-refractivity contribution is 1.09. The van der Waals surface area contributed by atoms with Crippen molar-refractivity contribution in [1.82, 2.24) is 42.8 Å². The summed E-state index contributed by atoms with van der Waals surface area (Å²) in [5.41, 5.74) is 26.2. The Morgan fingerprint density at radius 3 is 0.853 bits per heavy atom. The van der Waals surface area contributed by atoms with Crippen LogP contribution in [0.4, 0.5) is 0 Å². The van der Waals surface area contributed by atoms with E-state index in [9.17, 15) is 0 Å². The van der Waals surface area contributed by atoms with E-state index in [0.717, 1.165) is 101 Å². The van der Waals surface area contributed by atoms with Crippen LogP contribution in [0.25, 0.3) is 149 Å². The third kappa shape index (κ3) is 10.0. The number of pyridine rings is 4. The molecule has 95 heavy (non-hydrogen) atoms. The smallest absolute Gasteiger partial charge is 0.0963 e. The molecule has 0 unspecified atom stereocenters. The molecule has 0 atom stereocenters. The van der Waals surface area contributed by atoms with Crippen LogP contribution in [0.1, 0.15) is 45.2 Å². The first-order valence-electron chi connectivity index (χ1n) is 32.9. The zero-order valence-electron chi connectivity index (χ0n) is 53.4. The van der Waals surface area contributed by atoms with Crippen LogP contribution in [0.3, 0.4) is 0 Å². The third-order valence-corrected chi connectivity index (χ3v) is 18.0. The molecule has 9 heteroatoms. The standard InChI is InChI=1S/C41H28N4.C40H25N5.C3H8.C2H6/c1-3-9-36-34(7-1)40-38(11-5-25-42-40)44(36)32-21-15-29(16-22-32)27-28-13-17-30(18-14-28)31-19-23-33(24-20-31)45-37-10-4-2-8-35(37)41-39(45)12-6-26-43-41;1-2-10-26(11-3-1)43-35-20-18-27(44-33-14-6-4-12-29(33)39-37(44)16-8-22-41-39)24-31(35)32-25-28(19-21-36(32)43)45-34-15-7-5-13-30(34)40-38(45)17-9-23-42-40;1-3-2;1-2/h1-26H,27H2;1-25H;3H2,1-2H3;1-2H3. The Kier molecular flexibility index (Phi) is 15.1. The van der Waals surface area contributed by atoms with Gasteiger partial charge in [-0.15, -0.1) is 0 Å². The molecule has 0 amide bonds. The number of benzene rings is 10. The zero-order valence-corrected chi connectivity index (χ0v) is 53.4. The molecule has 456 valence electrons. The van der Waals surface area contributed by atoms with Gasteiger partial charge in [0.1, 0.15) is 0 Å². The van der Waals surface area contributed by atoms with Gasteiger partial charge >= 0.3 is 0 Å². The molecule has 9 aromatic heterocycles. The number of aromatic nitrogens is 9. The van der Waals surface area contributed by atoms with Gasteiger partial charge in [0.2, 0.25) is 0 Å². The summed E-state index contributed by atoms with van der Waals surface area (Å²) in [5.74, 6) is 0. The van der Waals surface area contributed by atoms with Gasteiger partial charge in [0.15, 0.2) is 0 Å². The number of nitrogens with zero attached hydrogens (tertiary/aromatic N) is 9. The third-order valence-electron chi connectivity index (χ3n) is 18.0. The highest BCUT2D eigenvalue weighted by Gasteiger charge is 2.21. The molecule has 10 aromatic carbocycles. The number of hydrogen-bond acceptors (Lipinski definition) is 4.